The molecule has 4 nitrogen and oxygen atoms in total. The van der Waals surface area contributed by atoms with Crippen LogP contribution in [0, 0.1) is 12.3 Å². The number of aryl methyl sites for hydroxylation is 1. The van der Waals surface area contributed by atoms with Crippen LogP contribution in [-0.2, 0) is 11.3 Å². The molecule has 114 valence electrons. The van der Waals surface area contributed by atoms with Gasteiger partial charge in [0.25, 0.3) is 0 Å². The monoisotopic (exact) mass is 305 g/mol. The summed E-state index contributed by atoms with van der Waals surface area (Å²) < 4.78 is 8.03. The molecule has 4 rings (SSSR count). The first kappa shape index (κ1) is 13.7. The van der Waals surface area contributed by atoms with E-state index in [1.54, 1.807) is 11.3 Å². The number of aromatic nitrogens is 2. The third-order valence-corrected chi connectivity index (χ3v) is 5.74. The number of hydrogen-bond donors (Lipinski definition) is 1. The predicted molar refractivity (Wildman–Crippen MR) is 85.0 cm³/mol. The van der Waals surface area contributed by atoms with Crippen molar-refractivity contribution in [2.75, 3.05) is 13.2 Å². The van der Waals surface area contributed by atoms with Crippen LogP contribution in [0.15, 0.2) is 5.38 Å². The van der Waals surface area contributed by atoms with Gasteiger partial charge in [0.2, 0.25) is 0 Å². The van der Waals surface area contributed by atoms with Crippen LogP contribution in [-0.4, -0.2) is 28.6 Å². The van der Waals surface area contributed by atoms with Crippen molar-refractivity contribution in [3.63, 3.8) is 0 Å². The zero-order valence-corrected chi connectivity index (χ0v) is 13.8. The molecule has 0 amide bonds. The van der Waals surface area contributed by atoms with Gasteiger partial charge in [-0.15, -0.1) is 11.3 Å². The molecule has 0 bridgehead atoms. The van der Waals surface area contributed by atoms with E-state index in [1.165, 1.54) is 24.2 Å². The fourth-order valence-corrected chi connectivity index (χ4v) is 4.27. The van der Waals surface area contributed by atoms with Gasteiger partial charge in [-0.25, -0.2) is 4.98 Å². The highest BCUT2D eigenvalue weighted by molar-refractivity contribution is 7.15. The molecule has 2 aromatic heterocycles. The minimum absolute atomic E-state index is 0.214. The van der Waals surface area contributed by atoms with Crippen molar-refractivity contribution in [3.8, 4) is 0 Å². The molecule has 0 spiro atoms. The summed E-state index contributed by atoms with van der Waals surface area (Å²) >= 11 is 1.77. The molecular weight excluding hydrogens is 282 g/mol. The normalized spacial score (nSPS) is 25.0. The van der Waals surface area contributed by atoms with E-state index in [-0.39, 0.29) is 5.41 Å². The van der Waals surface area contributed by atoms with E-state index in [1.807, 2.05) is 0 Å². The summed E-state index contributed by atoms with van der Waals surface area (Å²) in [7, 11) is 0. The van der Waals surface area contributed by atoms with E-state index in [0.29, 0.717) is 6.04 Å². The van der Waals surface area contributed by atoms with Crippen LogP contribution in [0.1, 0.15) is 49.7 Å². The quantitative estimate of drug-likeness (QED) is 0.943. The summed E-state index contributed by atoms with van der Waals surface area (Å²) in [5.41, 5.74) is 4.17. The van der Waals surface area contributed by atoms with Gasteiger partial charge < -0.3 is 10.1 Å². The van der Waals surface area contributed by atoms with Crippen LogP contribution in [0.25, 0.3) is 4.96 Å². The second kappa shape index (κ2) is 4.80. The number of imidazole rings is 1. The molecule has 1 saturated carbocycles. The fourth-order valence-electron chi connectivity index (χ4n) is 3.23. The van der Waals surface area contributed by atoms with E-state index in [0.717, 1.165) is 36.3 Å². The van der Waals surface area contributed by atoms with Gasteiger partial charge in [-0.05, 0) is 19.8 Å². The lowest BCUT2D eigenvalue weighted by Crippen LogP contribution is -2.40. The van der Waals surface area contributed by atoms with Crippen LogP contribution in [0.4, 0.5) is 0 Å². The lowest BCUT2D eigenvalue weighted by atomic mass is 9.88. The fraction of sp³-hybridized carbons (Fsp3) is 0.688. The van der Waals surface area contributed by atoms with Gasteiger partial charge >= 0.3 is 0 Å². The molecule has 2 fully saturated rings. The molecule has 21 heavy (non-hydrogen) atoms. The molecule has 3 heterocycles. The van der Waals surface area contributed by atoms with Crippen molar-refractivity contribution >= 4 is 16.3 Å². The molecule has 2 aliphatic rings. The summed E-state index contributed by atoms with van der Waals surface area (Å²) in [5, 5.41) is 6.00. The van der Waals surface area contributed by atoms with Gasteiger partial charge in [-0.1, -0.05) is 13.8 Å². The smallest absolute Gasteiger partial charge is 0.194 e. The van der Waals surface area contributed by atoms with Crippen molar-refractivity contribution < 1.29 is 4.74 Å². The average Bonchev–Trinajstić information content (AvgIpc) is 3.00. The third-order valence-electron chi connectivity index (χ3n) is 4.90. The third kappa shape index (κ3) is 2.31. The highest BCUT2D eigenvalue weighted by Crippen LogP contribution is 2.42. The SMILES string of the molecule is Cc1nc2scc(C3CC3)n2c1CNC1COCC1(C)C. The maximum absolute atomic E-state index is 5.63. The average molecular weight is 305 g/mol. The van der Waals surface area contributed by atoms with Crippen molar-refractivity contribution in [2.24, 2.45) is 5.41 Å². The lowest BCUT2D eigenvalue weighted by molar-refractivity contribution is 0.166. The number of ether oxygens (including phenoxy) is 1. The first-order chi connectivity index (χ1) is 10.1. The van der Waals surface area contributed by atoms with Crippen LogP contribution in [0.2, 0.25) is 0 Å². The number of thiazole rings is 1. The van der Waals surface area contributed by atoms with Gasteiger partial charge in [-0.3, -0.25) is 4.40 Å². The topological polar surface area (TPSA) is 38.6 Å². The summed E-state index contributed by atoms with van der Waals surface area (Å²) in [6.45, 7) is 9.21. The Kier molecular flexibility index (Phi) is 3.14. The summed E-state index contributed by atoms with van der Waals surface area (Å²) in [5.74, 6) is 0.761. The molecule has 0 aromatic carbocycles. The molecule has 1 saturated heterocycles. The molecule has 2 aromatic rings. The minimum atomic E-state index is 0.214. The number of nitrogens with one attached hydrogen (secondary N) is 1. The Morgan fingerprint density at radius 1 is 1.48 bits per heavy atom. The van der Waals surface area contributed by atoms with Crippen LogP contribution >= 0.6 is 11.3 Å². The molecule has 1 unspecified atom stereocenters. The van der Waals surface area contributed by atoms with Gasteiger partial charge in [0, 0.05) is 35.0 Å². The van der Waals surface area contributed by atoms with E-state index >= 15 is 0 Å². The van der Waals surface area contributed by atoms with Crippen molar-refractivity contribution in [1.29, 1.82) is 0 Å². The minimum Gasteiger partial charge on any atom is -0.379 e. The van der Waals surface area contributed by atoms with Gasteiger partial charge in [0.15, 0.2) is 4.96 Å². The first-order valence-electron chi connectivity index (χ1n) is 7.83. The van der Waals surface area contributed by atoms with Gasteiger partial charge in [0.05, 0.1) is 24.6 Å². The predicted octanol–water partition coefficient (Wildman–Crippen LogP) is 3.10. The molecule has 1 aliphatic carbocycles. The largest absolute Gasteiger partial charge is 0.379 e. The molecule has 1 N–H and O–H groups in total. The summed E-state index contributed by atoms with van der Waals surface area (Å²) in [4.78, 5) is 5.88. The maximum atomic E-state index is 5.63. The van der Waals surface area contributed by atoms with Crippen molar-refractivity contribution in [1.82, 2.24) is 14.7 Å². The van der Waals surface area contributed by atoms with Crippen molar-refractivity contribution in [2.45, 2.75) is 52.1 Å². The van der Waals surface area contributed by atoms with Crippen LogP contribution in [0.3, 0.4) is 0 Å². The van der Waals surface area contributed by atoms with Crippen molar-refractivity contribution in [3.05, 3.63) is 22.5 Å². The maximum Gasteiger partial charge on any atom is 0.194 e. The zero-order valence-electron chi connectivity index (χ0n) is 13.0. The second-order valence-corrected chi connectivity index (χ2v) is 7.97. The highest BCUT2D eigenvalue weighted by atomic mass is 32.1. The number of fused-ring (bicyclic) bond motifs is 1. The Bertz CT molecular complexity index is 668. The summed E-state index contributed by atoms with van der Waals surface area (Å²) in [6.07, 6.45) is 2.67. The highest BCUT2D eigenvalue weighted by Gasteiger charge is 2.35. The van der Waals surface area contributed by atoms with Crippen LogP contribution in [0.5, 0.6) is 0 Å². The number of rotatable bonds is 4. The zero-order chi connectivity index (χ0) is 14.6. The van der Waals surface area contributed by atoms with E-state index in [2.05, 4.69) is 35.9 Å². The number of hydrogen-bond acceptors (Lipinski definition) is 4. The Hall–Kier alpha value is -0.910. The Morgan fingerprint density at radius 2 is 2.29 bits per heavy atom. The summed E-state index contributed by atoms with van der Waals surface area (Å²) in [6, 6.07) is 0.422. The Balaban J connectivity index is 1.61. The molecule has 0 radical (unpaired) electrons. The standard InChI is InChI=1S/C16H23N3OS/c1-10-12(6-17-14-7-20-9-16(14,2)3)19-13(11-4-5-11)8-21-15(19)18-10/h8,11,14,17H,4-7,9H2,1-3H3. The van der Waals surface area contributed by atoms with E-state index < -0.39 is 0 Å². The second-order valence-electron chi connectivity index (χ2n) is 7.13. The molecular formula is C16H23N3OS. The Labute approximate surface area is 129 Å². The number of nitrogens with zero attached hydrogens (tertiary/aromatic N) is 2. The van der Waals surface area contributed by atoms with Gasteiger partial charge in [-0.2, -0.15) is 0 Å². The molecule has 1 atom stereocenters. The lowest BCUT2D eigenvalue weighted by Gasteiger charge is -2.25. The molecule has 5 heteroatoms. The molecule has 1 aliphatic heterocycles. The van der Waals surface area contributed by atoms with E-state index in [9.17, 15) is 0 Å². The Morgan fingerprint density at radius 3 is 2.95 bits per heavy atom. The van der Waals surface area contributed by atoms with Gasteiger partial charge in [0.1, 0.15) is 0 Å². The van der Waals surface area contributed by atoms with Crippen LogP contribution < -0.4 is 5.32 Å². The first-order valence-corrected chi connectivity index (χ1v) is 8.70. The van der Waals surface area contributed by atoms with E-state index in [4.69, 9.17) is 9.72 Å².